The van der Waals surface area contributed by atoms with Crippen LogP contribution < -0.4 is 19.7 Å². The van der Waals surface area contributed by atoms with Crippen molar-refractivity contribution in [3.8, 4) is 17.6 Å². The van der Waals surface area contributed by atoms with Crippen LogP contribution in [0.4, 0.5) is 5.69 Å². The van der Waals surface area contributed by atoms with Gasteiger partial charge in [0.2, 0.25) is 5.91 Å². The fourth-order valence-corrected chi connectivity index (χ4v) is 4.42. The highest BCUT2D eigenvalue weighted by Gasteiger charge is 2.41. The van der Waals surface area contributed by atoms with Crippen LogP contribution in [0.5, 0.6) is 11.5 Å². The zero-order valence-electron chi connectivity index (χ0n) is 16.8. The van der Waals surface area contributed by atoms with Crippen molar-refractivity contribution in [2.75, 3.05) is 26.2 Å². The predicted octanol–water partition coefficient (Wildman–Crippen LogP) is 2.88. The summed E-state index contributed by atoms with van der Waals surface area (Å²) in [5, 5.41) is 11.9. The van der Waals surface area contributed by atoms with Gasteiger partial charge >= 0.3 is 0 Å². The Balaban J connectivity index is 2.05. The molecule has 154 valence electrons. The molecule has 0 aromatic heterocycles. The number of nitrogens with zero attached hydrogens (tertiary/aromatic N) is 2. The standard InChI is InChI=1S/C22H21N3O4S/c1-24-20(26)16(13-23)22-25(17-6-4-5-7-18(17)29-3)21(27)19(30-22)12-14-8-10-15(28-2)11-9-14/h4-11,19H,12H2,1-3H3,(H,24,26)/b22-16+/t19-/m0/s1. The summed E-state index contributed by atoms with van der Waals surface area (Å²) in [6.07, 6.45) is 0.440. The Bertz CT molecular complexity index is 1030. The number of rotatable bonds is 6. The van der Waals surface area contributed by atoms with Crippen molar-refractivity contribution >= 4 is 29.3 Å². The molecule has 2 aromatic rings. The molecule has 1 heterocycles. The summed E-state index contributed by atoms with van der Waals surface area (Å²) in [5.74, 6) is 0.444. The molecule has 1 fully saturated rings. The SMILES string of the molecule is CNC(=O)/C(C#N)=C1/S[C@@H](Cc2ccc(OC)cc2)C(=O)N1c1ccccc1OC. The van der Waals surface area contributed by atoms with Crippen LogP contribution in [0.2, 0.25) is 0 Å². The lowest BCUT2D eigenvalue weighted by Gasteiger charge is -2.20. The molecule has 0 spiro atoms. The van der Waals surface area contributed by atoms with Crippen molar-refractivity contribution < 1.29 is 19.1 Å². The van der Waals surface area contributed by atoms with Gasteiger partial charge in [0, 0.05) is 7.05 Å². The van der Waals surface area contributed by atoms with E-state index in [1.54, 1.807) is 31.4 Å². The molecule has 1 atom stereocenters. The van der Waals surface area contributed by atoms with Crippen molar-refractivity contribution in [3.05, 3.63) is 64.7 Å². The molecule has 0 saturated carbocycles. The van der Waals surface area contributed by atoms with E-state index >= 15 is 0 Å². The zero-order chi connectivity index (χ0) is 21.7. The Morgan fingerprint density at radius 3 is 2.47 bits per heavy atom. The van der Waals surface area contributed by atoms with Crippen LogP contribution in [0.1, 0.15) is 5.56 Å². The molecular weight excluding hydrogens is 402 g/mol. The van der Waals surface area contributed by atoms with Crippen LogP contribution in [-0.2, 0) is 16.0 Å². The number of carbonyl (C=O) groups excluding carboxylic acids is 2. The van der Waals surface area contributed by atoms with Crippen LogP contribution in [0.3, 0.4) is 0 Å². The lowest BCUT2D eigenvalue weighted by Crippen LogP contribution is -2.31. The Hall–Kier alpha value is -3.44. The average Bonchev–Trinajstić information content (AvgIpc) is 3.09. The second-order valence-corrected chi connectivity index (χ2v) is 7.57. The number of likely N-dealkylation sites (N-methyl/N-ethyl adjacent to an activating group) is 1. The third-order valence-electron chi connectivity index (χ3n) is 4.64. The molecular formula is C22H21N3O4S. The van der Waals surface area contributed by atoms with Crippen molar-refractivity contribution in [1.29, 1.82) is 5.26 Å². The Morgan fingerprint density at radius 2 is 1.87 bits per heavy atom. The van der Waals surface area contributed by atoms with E-state index in [1.165, 1.54) is 30.8 Å². The normalized spacial score (nSPS) is 17.3. The predicted molar refractivity (Wildman–Crippen MR) is 115 cm³/mol. The van der Waals surface area contributed by atoms with Gasteiger partial charge in [-0.1, -0.05) is 36.0 Å². The molecule has 0 radical (unpaired) electrons. The second-order valence-electron chi connectivity index (χ2n) is 6.38. The van der Waals surface area contributed by atoms with Gasteiger partial charge in [-0.2, -0.15) is 5.26 Å². The highest BCUT2D eigenvalue weighted by molar-refractivity contribution is 8.05. The van der Waals surface area contributed by atoms with Crippen LogP contribution in [0, 0.1) is 11.3 Å². The van der Waals surface area contributed by atoms with Gasteiger partial charge in [-0.25, -0.2) is 0 Å². The number of hydrogen-bond acceptors (Lipinski definition) is 6. The number of carbonyl (C=O) groups is 2. The minimum absolute atomic E-state index is 0.112. The maximum Gasteiger partial charge on any atom is 0.264 e. The zero-order valence-corrected chi connectivity index (χ0v) is 17.7. The third-order valence-corrected chi connectivity index (χ3v) is 5.90. The van der Waals surface area contributed by atoms with Gasteiger partial charge in [0.05, 0.1) is 25.2 Å². The molecule has 1 aliphatic rings. The highest BCUT2D eigenvalue weighted by Crippen LogP contribution is 2.44. The first-order valence-electron chi connectivity index (χ1n) is 9.17. The van der Waals surface area contributed by atoms with Gasteiger partial charge in [0.1, 0.15) is 28.2 Å². The van der Waals surface area contributed by atoms with Gasteiger partial charge in [-0.3, -0.25) is 14.5 Å². The number of para-hydroxylation sites is 2. The molecule has 2 amide bonds. The van der Waals surface area contributed by atoms with Crippen molar-refractivity contribution in [3.63, 3.8) is 0 Å². The number of nitrogens with one attached hydrogen (secondary N) is 1. The summed E-state index contributed by atoms with van der Waals surface area (Å²) in [6.45, 7) is 0. The van der Waals surface area contributed by atoms with Gasteiger partial charge in [-0.05, 0) is 36.2 Å². The fraction of sp³-hybridized carbons (Fsp3) is 0.227. The van der Waals surface area contributed by atoms with E-state index in [0.29, 0.717) is 22.9 Å². The van der Waals surface area contributed by atoms with Gasteiger partial charge in [-0.15, -0.1) is 0 Å². The molecule has 30 heavy (non-hydrogen) atoms. The average molecular weight is 423 g/mol. The number of thioether (sulfide) groups is 1. The summed E-state index contributed by atoms with van der Waals surface area (Å²) in [5.41, 5.74) is 1.32. The van der Waals surface area contributed by atoms with Crippen molar-refractivity contribution in [2.24, 2.45) is 0 Å². The Morgan fingerprint density at radius 1 is 1.17 bits per heavy atom. The largest absolute Gasteiger partial charge is 0.497 e. The molecule has 0 bridgehead atoms. The number of methoxy groups -OCH3 is 2. The van der Waals surface area contributed by atoms with Crippen molar-refractivity contribution in [2.45, 2.75) is 11.7 Å². The lowest BCUT2D eigenvalue weighted by atomic mass is 10.1. The summed E-state index contributed by atoms with van der Waals surface area (Å²) in [7, 11) is 4.55. The van der Waals surface area contributed by atoms with Gasteiger partial charge in [0.15, 0.2) is 0 Å². The molecule has 7 nitrogen and oxygen atoms in total. The number of anilines is 1. The van der Waals surface area contributed by atoms with E-state index in [2.05, 4.69) is 5.32 Å². The summed E-state index contributed by atoms with van der Waals surface area (Å²) < 4.78 is 10.6. The topological polar surface area (TPSA) is 91.7 Å². The van der Waals surface area contributed by atoms with Crippen LogP contribution in [0.25, 0.3) is 0 Å². The number of amides is 2. The van der Waals surface area contributed by atoms with Gasteiger partial charge < -0.3 is 14.8 Å². The summed E-state index contributed by atoms with van der Waals surface area (Å²) >= 11 is 1.21. The first kappa shape index (κ1) is 21.3. The van der Waals surface area contributed by atoms with E-state index in [0.717, 1.165) is 11.3 Å². The molecule has 1 aliphatic heterocycles. The highest BCUT2D eigenvalue weighted by atomic mass is 32.2. The first-order chi connectivity index (χ1) is 14.5. The number of hydrogen-bond donors (Lipinski definition) is 1. The quantitative estimate of drug-likeness (QED) is 0.567. The van der Waals surface area contributed by atoms with E-state index in [-0.39, 0.29) is 11.5 Å². The van der Waals surface area contributed by atoms with E-state index in [9.17, 15) is 14.9 Å². The van der Waals surface area contributed by atoms with Crippen LogP contribution in [0.15, 0.2) is 59.1 Å². The number of ether oxygens (including phenoxy) is 2. The van der Waals surface area contributed by atoms with E-state index < -0.39 is 11.2 Å². The molecule has 1 N–H and O–H groups in total. The lowest BCUT2D eigenvalue weighted by molar-refractivity contribution is -0.117. The molecule has 0 unspecified atom stereocenters. The smallest absolute Gasteiger partial charge is 0.264 e. The molecule has 0 aliphatic carbocycles. The summed E-state index contributed by atoms with van der Waals surface area (Å²) in [6, 6.07) is 16.4. The molecule has 3 rings (SSSR count). The maximum absolute atomic E-state index is 13.4. The fourth-order valence-electron chi connectivity index (χ4n) is 3.12. The number of benzene rings is 2. The third kappa shape index (κ3) is 4.11. The van der Waals surface area contributed by atoms with Crippen LogP contribution >= 0.6 is 11.8 Å². The number of nitriles is 1. The Kier molecular flexibility index (Phi) is 6.65. The molecule has 2 aromatic carbocycles. The maximum atomic E-state index is 13.4. The monoisotopic (exact) mass is 423 g/mol. The van der Waals surface area contributed by atoms with E-state index in [1.807, 2.05) is 30.3 Å². The Labute approximate surface area is 179 Å². The molecule has 1 saturated heterocycles. The second kappa shape index (κ2) is 9.37. The summed E-state index contributed by atoms with van der Waals surface area (Å²) in [4.78, 5) is 27.1. The van der Waals surface area contributed by atoms with Gasteiger partial charge in [0.25, 0.3) is 5.91 Å². The minimum atomic E-state index is -0.544. The van der Waals surface area contributed by atoms with Crippen LogP contribution in [-0.4, -0.2) is 38.3 Å². The van der Waals surface area contributed by atoms with Crippen molar-refractivity contribution in [1.82, 2.24) is 5.32 Å². The molecule has 8 heteroatoms. The first-order valence-corrected chi connectivity index (χ1v) is 10.0. The minimum Gasteiger partial charge on any atom is -0.497 e. The van der Waals surface area contributed by atoms with E-state index in [4.69, 9.17) is 9.47 Å².